The molecule has 0 bridgehead atoms. The van der Waals surface area contributed by atoms with Crippen molar-refractivity contribution >= 4 is 5.91 Å². The molecule has 3 heteroatoms. The molecule has 0 aliphatic carbocycles. The number of ether oxygens (including phenoxy) is 1. The predicted molar refractivity (Wildman–Crippen MR) is 85.6 cm³/mol. The van der Waals surface area contributed by atoms with Crippen molar-refractivity contribution in [3.8, 4) is 16.9 Å². The molecule has 1 amide bonds. The van der Waals surface area contributed by atoms with Gasteiger partial charge >= 0.3 is 0 Å². The lowest BCUT2D eigenvalue weighted by Crippen LogP contribution is -2.27. The Kier molecular flexibility index (Phi) is 4.99. The molecule has 0 aromatic heterocycles. The molecule has 0 unspecified atom stereocenters. The molecule has 0 saturated heterocycles. The highest BCUT2D eigenvalue weighted by molar-refractivity contribution is 5.98. The molecular weight excluding hydrogens is 262 g/mol. The quantitative estimate of drug-likeness (QED) is 0.907. The summed E-state index contributed by atoms with van der Waals surface area (Å²) >= 11 is 0. The first-order chi connectivity index (χ1) is 10.1. The Morgan fingerprint density at radius 1 is 1.10 bits per heavy atom. The molecule has 0 saturated carbocycles. The molecule has 3 nitrogen and oxygen atoms in total. The lowest BCUT2D eigenvalue weighted by Gasteiger charge is -2.12. The van der Waals surface area contributed by atoms with Crippen molar-refractivity contribution in [2.24, 2.45) is 5.92 Å². The first-order valence-corrected chi connectivity index (χ1v) is 7.13. The zero-order chi connectivity index (χ0) is 15.2. The number of benzene rings is 2. The van der Waals surface area contributed by atoms with Crippen molar-refractivity contribution in [1.82, 2.24) is 5.32 Å². The fourth-order valence-electron chi connectivity index (χ4n) is 2.09. The van der Waals surface area contributed by atoms with E-state index in [4.69, 9.17) is 4.74 Å². The molecule has 2 aromatic rings. The predicted octanol–water partition coefficient (Wildman–Crippen LogP) is 3.75. The number of hydrogen-bond acceptors (Lipinski definition) is 2. The number of amides is 1. The number of carbonyl (C=O) groups is 1. The van der Waals surface area contributed by atoms with Crippen molar-refractivity contribution < 1.29 is 9.53 Å². The maximum atomic E-state index is 12.3. The van der Waals surface area contributed by atoms with Crippen molar-refractivity contribution in [3.63, 3.8) is 0 Å². The van der Waals surface area contributed by atoms with E-state index in [1.807, 2.05) is 48.5 Å². The van der Waals surface area contributed by atoms with Gasteiger partial charge in [-0.15, -0.1) is 0 Å². The summed E-state index contributed by atoms with van der Waals surface area (Å²) in [5, 5.41) is 2.93. The first-order valence-electron chi connectivity index (χ1n) is 7.13. The van der Waals surface area contributed by atoms with E-state index in [1.165, 1.54) is 0 Å². The minimum atomic E-state index is -0.0988. The van der Waals surface area contributed by atoms with Gasteiger partial charge in [-0.05, 0) is 29.2 Å². The van der Waals surface area contributed by atoms with Gasteiger partial charge in [0.2, 0.25) is 0 Å². The van der Waals surface area contributed by atoms with Crippen LogP contribution in [0.2, 0.25) is 0 Å². The minimum Gasteiger partial charge on any atom is -0.496 e. The van der Waals surface area contributed by atoms with Gasteiger partial charge < -0.3 is 10.1 Å². The highest BCUT2D eigenvalue weighted by Crippen LogP contribution is 2.26. The molecule has 110 valence electrons. The van der Waals surface area contributed by atoms with Gasteiger partial charge in [-0.1, -0.05) is 50.2 Å². The third-order valence-corrected chi connectivity index (χ3v) is 3.22. The zero-order valence-corrected chi connectivity index (χ0v) is 12.7. The maximum Gasteiger partial charge on any atom is 0.255 e. The topological polar surface area (TPSA) is 38.3 Å². The molecule has 0 aliphatic rings. The Morgan fingerprint density at radius 2 is 1.81 bits per heavy atom. The van der Waals surface area contributed by atoms with E-state index >= 15 is 0 Å². The van der Waals surface area contributed by atoms with Crippen LogP contribution < -0.4 is 10.1 Å². The van der Waals surface area contributed by atoms with Crippen LogP contribution in [0.25, 0.3) is 11.1 Å². The Hall–Kier alpha value is -2.29. The van der Waals surface area contributed by atoms with Gasteiger partial charge in [-0.25, -0.2) is 0 Å². The van der Waals surface area contributed by atoms with Gasteiger partial charge in [0.05, 0.1) is 12.7 Å². The van der Waals surface area contributed by atoms with E-state index < -0.39 is 0 Å². The summed E-state index contributed by atoms with van der Waals surface area (Å²) in [7, 11) is 1.58. The van der Waals surface area contributed by atoms with Crippen LogP contribution in [0.1, 0.15) is 24.2 Å². The number of rotatable bonds is 5. The van der Waals surface area contributed by atoms with Crippen LogP contribution in [-0.4, -0.2) is 19.6 Å². The number of carbonyl (C=O) groups excluding carboxylic acids is 1. The average Bonchev–Trinajstić information content (AvgIpc) is 2.52. The smallest absolute Gasteiger partial charge is 0.255 e. The van der Waals surface area contributed by atoms with E-state index in [0.717, 1.165) is 11.1 Å². The standard InChI is InChI=1S/C18H21NO2/c1-13(2)12-19-18(20)16-11-15(9-10-17(16)21-3)14-7-5-4-6-8-14/h4-11,13H,12H2,1-3H3,(H,19,20). The summed E-state index contributed by atoms with van der Waals surface area (Å²) in [6.07, 6.45) is 0. The summed E-state index contributed by atoms with van der Waals surface area (Å²) in [5.74, 6) is 0.909. The van der Waals surface area contributed by atoms with Gasteiger partial charge in [0.25, 0.3) is 5.91 Å². The maximum absolute atomic E-state index is 12.3. The van der Waals surface area contributed by atoms with Gasteiger partial charge in [-0.3, -0.25) is 4.79 Å². The zero-order valence-electron chi connectivity index (χ0n) is 12.7. The molecule has 0 radical (unpaired) electrons. The fraction of sp³-hybridized carbons (Fsp3) is 0.278. The lowest BCUT2D eigenvalue weighted by atomic mass is 10.0. The number of nitrogens with one attached hydrogen (secondary N) is 1. The third-order valence-electron chi connectivity index (χ3n) is 3.22. The Balaban J connectivity index is 2.32. The number of hydrogen-bond donors (Lipinski definition) is 1. The highest BCUT2D eigenvalue weighted by Gasteiger charge is 2.13. The highest BCUT2D eigenvalue weighted by atomic mass is 16.5. The van der Waals surface area contributed by atoms with Crippen LogP contribution in [0.4, 0.5) is 0 Å². The fourth-order valence-corrected chi connectivity index (χ4v) is 2.09. The van der Waals surface area contributed by atoms with E-state index in [1.54, 1.807) is 7.11 Å². The average molecular weight is 283 g/mol. The van der Waals surface area contributed by atoms with E-state index in [0.29, 0.717) is 23.8 Å². The molecule has 0 heterocycles. The second-order valence-electron chi connectivity index (χ2n) is 5.38. The molecule has 0 spiro atoms. The molecule has 1 N–H and O–H groups in total. The lowest BCUT2D eigenvalue weighted by molar-refractivity contribution is 0.0946. The van der Waals surface area contributed by atoms with Crippen LogP contribution in [0.5, 0.6) is 5.75 Å². The van der Waals surface area contributed by atoms with Crippen molar-refractivity contribution in [3.05, 3.63) is 54.1 Å². The molecule has 2 rings (SSSR count). The van der Waals surface area contributed by atoms with Crippen LogP contribution >= 0.6 is 0 Å². The second kappa shape index (κ2) is 6.93. The largest absolute Gasteiger partial charge is 0.496 e. The van der Waals surface area contributed by atoms with Crippen molar-refractivity contribution in [1.29, 1.82) is 0 Å². The minimum absolute atomic E-state index is 0.0988. The summed E-state index contributed by atoms with van der Waals surface area (Å²) in [6.45, 7) is 4.79. The van der Waals surface area contributed by atoms with Crippen LogP contribution in [0, 0.1) is 5.92 Å². The molecule has 2 aromatic carbocycles. The Labute approximate surface area is 126 Å². The Bertz CT molecular complexity index is 606. The van der Waals surface area contributed by atoms with E-state index in [2.05, 4.69) is 19.2 Å². The third kappa shape index (κ3) is 3.85. The summed E-state index contributed by atoms with van der Waals surface area (Å²) < 4.78 is 5.30. The molecule has 21 heavy (non-hydrogen) atoms. The second-order valence-corrected chi connectivity index (χ2v) is 5.38. The molecular formula is C18H21NO2. The van der Waals surface area contributed by atoms with Crippen LogP contribution in [0.3, 0.4) is 0 Å². The molecule has 0 aliphatic heterocycles. The SMILES string of the molecule is COc1ccc(-c2ccccc2)cc1C(=O)NCC(C)C. The first kappa shape index (κ1) is 15.1. The van der Waals surface area contributed by atoms with E-state index in [-0.39, 0.29) is 5.91 Å². The molecule has 0 atom stereocenters. The number of methoxy groups -OCH3 is 1. The van der Waals surface area contributed by atoms with Gasteiger partial charge in [0.15, 0.2) is 0 Å². The summed E-state index contributed by atoms with van der Waals surface area (Å²) in [6, 6.07) is 15.7. The monoisotopic (exact) mass is 283 g/mol. The van der Waals surface area contributed by atoms with Gasteiger partial charge in [0, 0.05) is 6.54 Å². The van der Waals surface area contributed by atoms with Gasteiger partial charge in [0.1, 0.15) is 5.75 Å². The van der Waals surface area contributed by atoms with Crippen LogP contribution in [-0.2, 0) is 0 Å². The normalized spacial score (nSPS) is 10.5. The van der Waals surface area contributed by atoms with Crippen molar-refractivity contribution in [2.45, 2.75) is 13.8 Å². The van der Waals surface area contributed by atoms with Crippen LogP contribution in [0.15, 0.2) is 48.5 Å². The van der Waals surface area contributed by atoms with Gasteiger partial charge in [-0.2, -0.15) is 0 Å². The Morgan fingerprint density at radius 3 is 2.43 bits per heavy atom. The summed E-state index contributed by atoms with van der Waals surface area (Å²) in [4.78, 5) is 12.3. The summed E-state index contributed by atoms with van der Waals surface area (Å²) in [5.41, 5.74) is 2.66. The molecule has 0 fully saturated rings. The van der Waals surface area contributed by atoms with E-state index in [9.17, 15) is 4.79 Å². The van der Waals surface area contributed by atoms with Crippen molar-refractivity contribution in [2.75, 3.05) is 13.7 Å².